The molecule has 57 heavy (non-hydrogen) atoms. The number of amides is 1. The molecule has 8 rings (SSSR count). The van der Waals surface area contributed by atoms with Crippen LogP contribution in [0, 0.1) is 24.7 Å². The highest BCUT2D eigenvalue weighted by atomic mass is 35.5. The van der Waals surface area contributed by atoms with Crippen molar-refractivity contribution in [1.82, 2.24) is 24.8 Å². The van der Waals surface area contributed by atoms with Crippen LogP contribution in [0.3, 0.4) is 0 Å². The number of carbonyl (C=O) groups is 3. The predicted molar refractivity (Wildman–Crippen MR) is 210 cm³/mol. The number of rotatable bonds is 6. The molecule has 1 aromatic carbocycles. The van der Waals surface area contributed by atoms with E-state index in [-0.39, 0.29) is 5.91 Å². The number of aryl methyl sites for hydroxylation is 2. The fourth-order valence-electron chi connectivity index (χ4n) is 7.39. The highest BCUT2D eigenvalue weighted by Gasteiger charge is 2.46. The molecule has 14 heteroatoms. The molecular formula is C43H42ClN5O8. The van der Waals surface area contributed by atoms with Gasteiger partial charge in [0.05, 0.1) is 29.7 Å². The van der Waals surface area contributed by atoms with Gasteiger partial charge in [0.2, 0.25) is 23.5 Å². The lowest BCUT2D eigenvalue weighted by atomic mass is 9.71. The van der Waals surface area contributed by atoms with Gasteiger partial charge in [0.25, 0.3) is 5.91 Å². The second-order valence-corrected chi connectivity index (χ2v) is 15.8. The molecule has 0 radical (unpaired) electrons. The van der Waals surface area contributed by atoms with E-state index in [1.165, 1.54) is 0 Å². The molecule has 0 unspecified atom stereocenters. The molecule has 1 saturated heterocycles. The lowest BCUT2D eigenvalue weighted by Gasteiger charge is -2.35. The lowest BCUT2D eigenvalue weighted by Crippen LogP contribution is -2.40. The van der Waals surface area contributed by atoms with Gasteiger partial charge in [-0.15, -0.1) is 0 Å². The molecule has 4 aromatic heterocycles. The molecule has 1 amide bonds. The van der Waals surface area contributed by atoms with E-state index in [1.807, 2.05) is 62.4 Å². The third-order valence-corrected chi connectivity index (χ3v) is 10.9. The minimum atomic E-state index is -1.10. The van der Waals surface area contributed by atoms with E-state index in [0.717, 1.165) is 28.1 Å². The van der Waals surface area contributed by atoms with Crippen LogP contribution in [-0.2, 0) is 14.3 Å². The topological polar surface area (TPSA) is 174 Å². The third kappa shape index (κ3) is 7.52. The van der Waals surface area contributed by atoms with E-state index >= 15 is 0 Å². The van der Waals surface area contributed by atoms with Crippen molar-refractivity contribution in [3.8, 4) is 34.8 Å². The summed E-state index contributed by atoms with van der Waals surface area (Å²) in [5.41, 5.74) is 4.41. The van der Waals surface area contributed by atoms with E-state index in [1.54, 1.807) is 56.9 Å². The summed E-state index contributed by atoms with van der Waals surface area (Å²) in [4.78, 5) is 56.3. The Labute approximate surface area is 334 Å². The van der Waals surface area contributed by atoms with Crippen molar-refractivity contribution in [3.63, 3.8) is 0 Å². The summed E-state index contributed by atoms with van der Waals surface area (Å²) in [5.74, 6) is -1.27. The van der Waals surface area contributed by atoms with Crippen molar-refractivity contribution in [1.29, 1.82) is 0 Å². The van der Waals surface area contributed by atoms with Crippen LogP contribution in [-0.4, -0.2) is 79.2 Å². The summed E-state index contributed by atoms with van der Waals surface area (Å²) < 4.78 is 17.2. The highest BCUT2D eigenvalue weighted by molar-refractivity contribution is 6.29. The zero-order valence-electron chi connectivity index (χ0n) is 32.4. The number of aromatic nitrogens is 4. The molecule has 294 valence electrons. The van der Waals surface area contributed by atoms with Gasteiger partial charge in [-0.3, -0.25) is 14.4 Å². The molecular weight excluding hydrogens is 750 g/mol. The predicted octanol–water partition coefficient (Wildman–Crippen LogP) is 8.06. The van der Waals surface area contributed by atoms with Crippen LogP contribution in [0.25, 0.3) is 11.3 Å². The van der Waals surface area contributed by atoms with Crippen molar-refractivity contribution >= 4 is 29.4 Å². The van der Waals surface area contributed by atoms with Gasteiger partial charge in [0, 0.05) is 69.7 Å². The minimum Gasteiger partial charge on any atom is -0.481 e. The Morgan fingerprint density at radius 3 is 1.56 bits per heavy atom. The smallest absolute Gasteiger partial charge is 0.310 e. The molecule has 3 aliphatic heterocycles. The number of hydrogen-bond acceptors (Lipinski definition) is 10. The molecule has 0 aliphatic carbocycles. The first kappa shape index (κ1) is 39.3. The molecule has 0 saturated carbocycles. The molecule has 1 fully saturated rings. The Kier molecular flexibility index (Phi) is 10.5. The number of fused-ring (bicyclic) bond motifs is 4. The van der Waals surface area contributed by atoms with E-state index in [9.17, 15) is 24.6 Å². The molecule has 13 nitrogen and oxygen atoms in total. The number of morpholine rings is 1. The monoisotopic (exact) mass is 791 g/mol. The van der Waals surface area contributed by atoms with E-state index in [2.05, 4.69) is 15.0 Å². The molecule has 0 spiro atoms. The fourth-order valence-corrected chi connectivity index (χ4v) is 7.53. The average Bonchev–Trinajstić information content (AvgIpc) is 3.18. The summed E-state index contributed by atoms with van der Waals surface area (Å²) in [6.07, 6.45) is 0. The van der Waals surface area contributed by atoms with Crippen LogP contribution < -0.4 is 9.47 Å². The molecule has 3 aliphatic rings. The lowest BCUT2D eigenvalue weighted by molar-refractivity contribution is -0.148. The number of carboxylic acid groups (broad SMARTS) is 2. The average molecular weight is 792 g/mol. The normalized spacial score (nSPS) is 16.9. The highest BCUT2D eigenvalue weighted by Crippen LogP contribution is 2.52. The first-order valence-corrected chi connectivity index (χ1v) is 18.9. The summed E-state index contributed by atoms with van der Waals surface area (Å²) >= 11 is 5.93. The van der Waals surface area contributed by atoms with Crippen LogP contribution >= 0.6 is 11.6 Å². The molecule has 0 bridgehead atoms. The van der Waals surface area contributed by atoms with Gasteiger partial charge in [-0.2, -0.15) is 0 Å². The number of halogens is 1. The van der Waals surface area contributed by atoms with Crippen LogP contribution in [0.15, 0.2) is 72.8 Å². The number of ether oxygens (including phenoxy) is 3. The van der Waals surface area contributed by atoms with Gasteiger partial charge in [-0.25, -0.2) is 19.9 Å². The van der Waals surface area contributed by atoms with Crippen molar-refractivity contribution in [2.24, 2.45) is 10.8 Å². The number of carboxylic acids is 2. The van der Waals surface area contributed by atoms with Gasteiger partial charge < -0.3 is 29.3 Å². The van der Waals surface area contributed by atoms with Gasteiger partial charge in [-0.05, 0) is 84.0 Å². The zero-order chi connectivity index (χ0) is 40.8. The molecule has 2 N–H and O–H groups in total. The maximum atomic E-state index is 12.7. The van der Waals surface area contributed by atoms with E-state index in [0.29, 0.717) is 77.4 Å². The summed E-state index contributed by atoms with van der Waals surface area (Å²) in [6.45, 7) is 12.8. The Balaban J connectivity index is 0.000000194. The quantitative estimate of drug-likeness (QED) is 0.159. The first-order chi connectivity index (χ1) is 27.1. The van der Waals surface area contributed by atoms with Gasteiger partial charge in [0.1, 0.15) is 5.15 Å². The van der Waals surface area contributed by atoms with Crippen molar-refractivity contribution in [2.45, 2.75) is 53.4 Å². The number of pyridine rings is 4. The van der Waals surface area contributed by atoms with Gasteiger partial charge >= 0.3 is 11.9 Å². The number of benzene rings is 1. The Bertz CT molecular complexity index is 2340. The maximum absolute atomic E-state index is 12.7. The van der Waals surface area contributed by atoms with E-state index in [4.69, 9.17) is 30.8 Å². The van der Waals surface area contributed by atoms with Crippen molar-refractivity contribution in [2.75, 3.05) is 26.3 Å². The fraction of sp³-hybridized carbons (Fsp3) is 0.326. The van der Waals surface area contributed by atoms with Crippen molar-refractivity contribution < 1.29 is 38.8 Å². The first-order valence-electron chi connectivity index (χ1n) is 18.5. The maximum Gasteiger partial charge on any atom is 0.310 e. The standard InChI is InChI=1S/C27H27N3O5.C16H15ClN2O3/c1-16-4-9-19-22(27(2,3)26(32)33)20-10-11-21(29-24(20)35-23(19)28-16)17-5-7-18(8-6-17)25(31)30-12-14-34-15-13-30;1-8-4-5-9-12(16(2,3)15(20)21)10-6-7-11(17)19-14(10)22-13(9)18-8/h4-11,22H,12-15H2,1-3H3,(H,32,33);4-7,12H,1-3H3,(H,20,21)/t22-;12-/m00/s1. The molecule has 2 atom stereocenters. The largest absolute Gasteiger partial charge is 0.481 e. The Hall–Kier alpha value is -5.92. The zero-order valence-corrected chi connectivity index (χ0v) is 33.1. The SMILES string of the molecule is Cc1ccc2c(n1)Oc1nc(-c3ccc(C(=O)N4CCOCC4)cc3)ccc1[C@H]2C(C)(C)C(=O)O.Cc1ccc2c(n1)Oc1nc(Cl)ccc1[C@H]2C(C)(C)C(=O)O. The Morgan fingerprint density at radius 1 is 0.632 bits per heavy atom. The summed E-state index contributed by atoms with van der Waals surface area (Å²) in [6, 6.07) is 21.9. The second-order valence-electron chi connectivity index (χ2n) is 15.4. The van der Waals surface area contributed by atoms with E-state index < -0.39 is 34.6 Å². The third-order valence-electron chi connectivity index (χ3n) is 10.7. The number of nitrogens with zero attached hydrogens (tertiary/aromatic N) is 5. The van der Waals surface area contributed by atoms with Crippen LogP contribution in [0.5, 0.6) is 23.5 Å². The van der Waals surface area contributed by atoms with Crippen LogP contribution in [0.2, 0.25) is 5.15 Å². The van der Waals surface area contributed by atoms with Gasteiger partial charge in [0.15, 0.2) is 0 Å². The minimum absolute atomic E-state index is 0.0154. The Morgan fingerprint density at radius 2 is 1.07 bits per heavy atom. The van der Waals surface area contributed by atoms with Crippen LogP contribution in [0.1, 0.15) is 83.5 Å². The number of hydrogen-bond donors (Lipinski definition) is 2. The van der Waals surface area contributed by atoms with Crippen molar-refractivity contribution in [3.05, 3.63) is 117 Å². The number of aliphatic carboxylic acids is 2. The summed E-state index contributed by atoms with van der Waals surface area (Å²) in [7, 11) is 0. The van der Waals surface area contributed by atoms with Crippen LogP contribution in [0.4, 0.5) is 0 Å². The number of carbonyl (C=O) groups excluding carboxylic acids is 1. The second kappa shape index (κ2) is 15.2. The summed E-state index contributed by atoms with van der Waals surface area (Å²) in [5, 5.41) is 19.9. The van der Waals surface area contributed by atoms with Gasteiger partial charge in [-0.1, -0.05) is 41.9 Å². The molecule has 5 aromatic rings. The molecule has 7 heterocycles.